The summed E-state index contributed by atoms with van der Waals surface area (Å²) >= 11 is 0. The molecule has 1 aliphatic heterocycles. The number of nitrogens with one attached hydrogen (secondary N) is 1. The van der Waals surface area contributed by atoms with E-state index in [0.717, 1.165) is 25.7 Å². The molecule has 2 unspecified atom stereocenters. The molecule has 1 fully saturated rings. The van der Waals surface area contributed by atoms with E-state index in [4.69, 9.17) is 4.74 Å². The molecule has 1 N–H and O–H groups in total. The van der Waals surface area contributed by atoms with Gasteiger partial charge < -0.3 is 10.1 Å². The van der Waals surface area contributed by atoms with Gasteiger partial charge >= 0.3 is 0 Å². The van der Waals surface area contributed by atoms with Crippen LogP contribution in [0.15, 0.2) is 0 Å². The van der Waals surface area contributed by atoms with E-state index in [1.165, 1.54) is 38.6 Å². The number of rotatable bonds is 7. The van der Waals surface area contributed by atoms with Crippen LogP contribution in [0.2, 0.25) is 0 Å². The third kappa shape index (κ3) is 5.84. The fourth-order valence-electron chi connectivity index (χ4n) is 2.61. The highest BCUT2D eigenvalue weighted by molar-refractivity contribution is 4.77. The number of likely N-dealkylation sites (tertiary alicyclic amines) is 1. The molecule has 0 bridgehead atoms. The Kier molecular flexibility index (Phi) is 7.82. The van der Waals surface area contributed by atoms with Gasteiger partial charge in [0.25, 0.3) is 0 Å². The Bertz CT molecular complexity index is 187. The van der Waals surface area contributed by atoms with Crippen LogP contribution in [0.5, 0.6) is 0 Å². The van der Waals surface area contributed by atoms with Gasteiger partial charge in [0.1, 0.15) is 0 Å². The molecule has 0 amide bonds. The van der Waals surface area contributed by atoms with E-state index in [1.54, 1.807) is 7.11 Å². The molecule has 3 heteroatoms. The van der Waals surface area contributed by atoms with Gasteiger partial charge in [-0.1, -0.05) is 19.8 Å². The maximum Gasteiger partial charge on any atom is 0.0628 e. The predicted octanol–water partition coefficient (Wildman–Crippen LogP) is 2.27. The van der Waals surface area contributed by atoms with E-state index in [1.807, 2.05) is 0 Å². The monoisotopic (exact) mass is 242 g/mol. The molecule has 1 aliphatic rings. The quantitative estimate of drug-likeness (QED) is 0.741. The predicted molar refractivity (Wildman–Crippen MR) is 73.5 cm³/mol. The van der Waals surface area contributed by atoms with Crippen molar-refractivity contribution in [2.24, 2.45) is 0 Å². The van der Waals surface area contributed by atoms with Crippen LogP contribution in [0.3, 0.4) is 0 Å². The highest BCUT2D eigenvalue weighted by atomic mass is 16.5. The van der Waals surface area contributed by atoms with Crippen molar-refractivity contribution in [2.75, 3.05) is 33.4 Å². The maximum atomic E-state index is 5.32. The van der Waals surface area contributed by atoms with Crippen molar-refractivity contribution in [3.05, 3.63) is 0 Å². The molecule has 1 saturated heterocycles. The Morgan fingerprint density at radius 2 is 2.18 bits per heavy atom. The first kappa shape index (κ1) is 14.9. The van der Waals surface area contributed by atoms with Crippen LogP contribution >= 0.6 is 0 Å². The molecular formula is C14H30N2O. The van der Waals surface area contributed by atoms with E-state index in [0.29, 0.717) is 6.04 Å². The van der Waals surface area contributed by atoms with Gasteiger partial charge in [-0.25, -0.2) is 0 Å². The van der Waals surface area contributed by atoms with Crippen molar-refractivity contribution < 1.29 is 4.74 Å². The van der Waals surface area contributed by atoms with Crippen LogP contribution in [-0.2, 0) is 4.74 Å². The van der Waals surface area contributed by atoms with Crippen molar-refractivity contribution in [1.82, 2.24) is 10.2 Å². The number of ether oxygens (including phenoxy) is 1. The van der Waals surface area contributed by atoms with Gasteiger partial charge in [0, 0.05) is 25.7 Å². The van der Waals surface area contributed by atoms with Crippen LogP contribution in [0.25, 0.3) is 0 Å². The second kappa shape index (κ2) is 8.90. The molecular weight excluding hydrogens is 212 g/mol. The van der Waals surface area contributed by atoms with Crippen LogP contribution in [0.1, 0.15) is 46.0 Å². The lowest BCUT2D eigenvalue weighted by atomic mass is 10.1. The Morgan fingerprint density at radius 1 is 1.35 bits per heavy atom. The molecule has 102 valence electrons. The second-order valence-electron chi connectivity index (χ2n) is 5.30. The SMILES string of the molecule is CCCNC(COC)CN1CCCCCC1C. The van der Waals surface area contributed by atoms with Crippen molar-refractivity contribution in [3.8, 4) is 0 Å². The zero-order valence-electron chi connectivity index (χ0n) is 11.9. The minimum atomic E-state index is 0.487. The minimum absolute atomic E-state index is 0.487. The fourth-order valence-corrected chi connectivity index (χ4v) is 2.61. The topological polar surface area (TPSA) is 24.5 Å². The first-order valence-corrected chi connectivity index (χ1v) is 7.24. The third-order valence-electron chi connectivity index (χ3n) is 3.70. The molecule has 1 rings (SSSR count). The lowest BCUT2D eigenvalue weighted by molar-refractivity contribution is 0.123. The average molecular weight is 242 g/mol. The summed E-state index contributed by atoms with van der Waals surface area (Å²) in [6.45, 7) is 8.89. The Labute approximate surface area is 107 Å². The van der Waals surface area contributed by atoms with Crippen LogP contribution in [0.4, 0.5) is 0 Å². The zero-order valence-corrected chi connectivity index (χ0v) is 11.9. The van der Waals surface area contributed by atoms with E-state index in [2.05, 4.69) is 24.1 Å². The number of nitrogens with zero attached hydrogens (tertiary/aromatic N) is 1. The summed E-state index contributed by atoms with van der Waals surface area (Å²) in [5.41, 5.74) is 0. The molecule has 1 heterocycles. The lowest BCUT2D eigenvalue weighted by Gasteiger charge is -2.31. The highest BCUT2D eigenvalue weighted by Gasteiger charge is 2.20. The Morgan fingerprint density at radius 3 is 2.88 bits per heavy atom. The smallest absolute Gasteiger partial charge is 0.0628 e. The van der Waals surface area contributed by atoms with E-state index in [-0.39, 0.29) is 0 Å². The van der Waals surface area contributed by atoms with Gasteiger partial charge in [0.15, 0.2) is 0 Å². The summed E-state index contributed by atoms with van der Waals surface area (Å²) < 4.78 is 5.32. The summed E-state index contributed by atoms with van der Waals surface area (Å²) in [7, 11) is 1.80. The molecule has 0 saturated carbocycles. The fraction of sp³-hybridized carbons (Fsp3) is 1.00. The highest BCUT2D eigenvalue weighted by Crippen LogP contribution is 2.16. The molecule has 0 aromatic heterocycles. The summed E-state index contributed by atoms with van der Waals surface area (Å²) in [4.78, 5) is 2.64. The first-order chi connectivity index (χ1) is 8.27. The molecule has 0 radical (unpaired) electrons. The molecule has 0 aliphatic carbocycles. The molecule has 0 aromatic carbocycles. The van der Waals surface area contributed by atoms with E-state index >= 15 is 0 Å². The molecule has 17 heavy (non-hydrogen) atoms. The molecule has 0 aromatic rings. The summed E-state index contributed by atoms with van der Waals surface area (Å²) in [6, 6.07) is 1.22. The lowest BCUT2D eigenvalue weighted by Crippen LogP contribution is -2.46. The minimum Gasteiger partial charge on any atom is -0.383 e. The molecule has 3 nitrogen and oxygen atoms in total. The van der Waals surface area contributed by atoms with Gasteiger partial charge in [-0.2, -0.15) is 0 Å². The van der Waals surface area contributed by atoms with Gasteiger partial charge in [0.2, 0.25) is 0 Å². The van der Waals surface area contributed by atoms with Crippen molar-refractivity contribution >= 4 is 0 Å². The Balaban J connectivity index is 2.39. The van der Waals surface area contributed by atoms with Gasteiger partial charge in [-0.15, -0.1) is 0 Å². The summed E-state index contributed by atoms with van der Waals surface area (Å²) in [5, 5.41) is 3.59. The standard InChI is InChI=1S/C14H30N2O/c1-4-9-15-14(12-17-3)11-16-10-7-5-6-8-13(16)2/h13-15H,4-12H2,1-3H3. The number of methoxy groups -OCH3 is 1. The Hall–Kier alpha value is -0.120. The first-order valence-electron chi connectivity index (χ1n) is 7.24. The van der Waals surface area contributed by atoms with Crippen molar-refractivity contribution in [3.63, 3.8) is 0 Å². The average Bonchev–Trinajstić information content (AvgIpc) is 2.52. The van der Waals surface area contributed by atoms with Crippen LogP contribution in [0, 0.1) is 0 Å². The largest absolute Gasteiger partial charge is 0.383 e. The summed E-state index contributed by atoms with van der Waals surface area (Å²) in [5.74, 6) is 0. The van der Waals surface area contributed by atoms with E-state index in [9.17, 15) is 0 Å². The van der Waals surface area contributed by atoms with Crippen molar-refractivity contribution in [1.29, 1.82) is 0 Å². The van der Waals surface area contributed by atoms with Crippen LogP contribution in [-0.4, -0.2) is 50.3 Å². The van der Waals surface area contributed by atoms with Gasteiger partial charge in [-0.05, 0) is 39.3 Å². The van der Waals surface area contributed by atoms with Crippen LogP contribution < -0.4 is 5.32 Å². The van der Waals surface area contributed by atoms with E-state index < -0.39 is 0 Å². The van der Waals surface area contributed by atoms with Gasteiger partial charge in [0.05, 0.1) is 6.61 Å². The zero-order chi connectivity index (χ0) is 12.5. The number of hydrogen-bond donors (Lipinski definition) is 1. The normalized spacial score (nSPS) is 24.5. The molecule has 0 spiro atoms. The molecule has 2 atom stereocenters. The second-order valence-corrected chi connectivity index (χ2v) is 5.30. The maximum absolute atomic E-state index is 5.32. The van der Waals surface area contributed by atoms with Crippen molar-refractivity contribution in [2.45, 2.75) is 58.0 Å². The summed E-state index contributed by atoms with van der Waals surface area (Å²) in [6.07, 6.45) is 6.70. The van der Waals surface area contributed by atoms with Gasteiger partial charge in [-0.3, -0.25) is 4.90 Å². The number of hydrogen-bond acceptors (Lipinski definition) is 3. The third-order valence-corrected chi connectivity index (χ3v) is 3.70.